The van der Waals surface area contributed by atoms with Gasteiger partial charge in [-0.25, -0.2) is 4.98 Å². The van der Waals surface area contributed by atoms with Gasteiger partial charge in [0, 0.05) is 13.5 Å². The van der Waals surface area contributed by atoms with Gasteiger partial charge in [0.2, 0.25) is 0 Å². The number of rotatable bonds is 0. The van der Waals surface area contributed by atoms with Crippen molar-refractivity contribution in [2.24, 2.45) is 11.8 Å². The standard InChI is InChI=1S/C16H20N2O/c1-8-12-6-17-7-13(8)11-4-5-14-16(15(11)9(12)2)18-10(3)19-14/h4-5,8-9,12-13,17H,6-7H2,1-3H3/t8-,9+,12?,13?/m0/s1. The molecule has 1 aromatic heterocycles. The molecule has 0 amide bonds. The van der Waals surface area contributed by atoms with Crippen LogP contribution in [0.15, 0.2) is 16.5 Å². The summed E-state index contributed by atoms with van der Waals surface area (Å²) in [5.41, 5.74) is 4.99. The van der Waals surface area contributed by atoms with E-state index in [-0.39, 0.29) is 0 Å². The zero-order valence-electron chi connectivity index (χ0n) is 11.7. The normalized spacial score (nSPS) is 33.4. The molecule has 1 fully saturated rings. The summed E-state index contributed by atoms with van der Waals surface area (Å²) in [4.78, 5) is 4.64. The fraction of sp³-hybridized carbons (Fsp3) is 0.562. The minimum atomic E-state index is 0.558. The molecule has 1 saturated heterocycles. The average molecular weight is 256 g/mol. The average Bonchev–Trinajstić information content (AvgIpc) is 2.75. The Hall–Kier alpha value is -1.35. The highest BCUT2D eigenvalue weighted by molar-refractivity contribution is 5.79. The van der Waals surface area contributed by atoms with Gasteiger partial charge in [-0.3, -0.25) is 0 Å². The fourth-order valence-electron chi connectivity index (χ4n) is 4.26. The Balaban J connectivity index is 2.02. The first-order chi connectivity index (χ1) is 9.16. The van der Waals surface area contributed by atoms with E-state index in [4.69, 9.17) is 4.42 Å². The quantitative estimate of drug-likeness (QED) is 0.786. The number of hydrogen-bond acceptors (Lipinski definition) is 3. The van der Waals surface area contributed by atoms with E-state index in [0.717, 1.165) is 36.0 Å². The van der Waals surface area contributed by atoms with Crippen LogP contribution >= 0.6 is 0 Å². The van der Waals surface area contributed by atoms with Crippen molar-refractivity contribution in [3.8, 4) is 0 Å². The van der Waals surface area contributed by atoms with Crippen LogP contribution in [0.4, 0.5) is 0 Å². The second-order valence-corrected chi connectivity index (χ2v) is 6.22. The van der Waals surface area contributed by atoms with Crippen LogP contribution in [0.3, 0.4) is 0 Å². The fourth-order valence-corrected chi connectivity index (χ4v) is 4.26. The molecule has 2 bridgehead atoms. The van der Waals surface area contributed by atoms with Gasteiger partial charge in [0.05, 0.1) is 0 Å². The molecule has 2 unspecified atom stereocenters. The van der Waals surface area contributed by atoms with E-state index in [9.17, 15) is 0 Å². The Labute approximate surface area is 113 Å². The number of nitrogens with zero attached hydrogens (tertiary/aromatic N) is 1. The van der Waals surface area contributed by atoms with Crippen molar-refractivity contribution >= 4 is 11.1 Å². The van der Waals surface area contributed by atoms with Crippen LogP contribution in [0.1, 0.15) is 42.7 Å². The van der Waals surface area contributed by atoms with Gasteiger partial charge in [0.25, 0.3) is 0 Å². The minimum absolute atomic E-state index is 0.558. The van der Waals surface area contributed by atoms with Crippen LogP contribution in [-0.4, -0.2) is 18.1 Å². The third-order valence-electron chi connectivity index (χ3n) is 5.29. The van der Waals surface area contributed by atoms with Gasteiger partial charge in [-0.2, -0.15) is 0 Å². The molecule has 1 aromatic carbocycles. The number of aryl methyl sites for hydroxylation is 1. The van der Waals surface area contributed by atoms with E-state index < -0.39 is 0 Å². The smallest absolute Gasteiger partial charge is 0.192 e. The van der Waals surface area contributed by atoms with E-state index in [1.807, 2.05) is 6.92 Å². The summed E-state index contributed by atoms with van der Waals surface area (Å²) in [6.07, 6.45) is 0. The van der Waals surface area contributed by atoms with Crippen LogP contribution in [0.5, 0.6) is 0 Å². The molecule has 0 radical (unpaired) electrons. The third-order valence-corrected chi connectivity index (χ3v) is 5.29. The molecule has 2 aromatic rings. The van der Waals surface area contributed by atoms with Crippen molar-refractivity contribution in [1.82, 2.24) is 10.3 Å². The molecule has 2 aliphatic rings. The molecule has 0 saturated carbocycles. The van der Waals surface area contributed by atoms with Gasteiger partial charge in [0.1, 0.15) is 5.52 Å². The van der Waals surface area contributed by atoms with Crippen molar-refractivity contribution in [2.75, 3.05) is 13.1 Å². The van der Waals surface area contributed by atoms with Gasteiger partial charge in [-0.05, 0) is 47.4 Å². The van der Waals surface area contributed by atoms with Crippen LogP contribution in [0.25, 0.3) is 11.1 Å². The topological polar surface area (TPSA) is 38.1 Å². The van der Waals surface area contributed by atoms with E-state index in [1.165, 1.54) is 11.1 Å². The van der Waals surface area contributed by atoms with Gasteiger partial charge >= 0.3 is 0 Å². The number of oxazole rings is 1. The van der Waals surface area contributed by atoms with E-state index in [1.54, 1.807) is 0 Å². The summed E-state index contributed by atoms with van der Waals surface area (Å²) in [7, 11) is 0. The van der Waals surface area contributed by atoms with Crippen LogP contribution in [0, 0.1) is 18.8 Å². The summed E-state index contributed by atoms with van der Waals surface area (Å²) in [6.45, 7) is 8.93. The Bertz CT molecular complexity index is 645. The predicted molar refractivity (Wildman–Crippen MR) is 75.4 cm³/mol. The highest BCUT2D eigenvalue weighted by Crippen LogP contribution is 2.49. The van der Waals surface area contributed by atoms with Crippen molar-refractivity contribution in [3.63, 3.8) is 0 Å². The van der Waals surface area contributed by atoms with Crippen LogP contribution in [0.2, 0.25) is 0 Å². The zero-order chi connectivity index (χ0) is 13.1. The van der Waals surface area contributed by atoms with E-state index in [0.29, 0.717) is 17.8 Å². The van der Waals surface area contributed by atoms with E-state index >= 15 is 0 Å². The van der Waals surface area contributed by atoms with Gasteiger partial charge < -0.3 is 9.73 Å². The maximum Gasteiger partial charge on any atom is 0.192 e. The third kappa shape index (κ3) is 1.45. The van der Waals surface area contributed by atoms with Crippen LogP contribution < -0.4 is 5.32 Å². The lowest BCUT2D eigenvalue weighted by Crippen LogP contribution is -2.46. The maximum absolute atomic E-state index is 5.70. The minimum Gasteiger partial charge on any atom is -0.441 e. The Kier molecular flexibility index (Phi) is 2.31. The summed E-state index contributed by atoms with van der Waals surface area (Å²) in [6, 6.07) is 4.37. The second kappa shape index (κ2) is 3.83. The summed E-state index contributed by atoms with van der Waals surface area (Å²) < 4.78 is 5.70. The molecule has 19 heavy (non-hydrogen) atoms. The van der Waals surface area contributed by atoms with Gasteiger partial charge in [0.15, 0.2) is 11.5 Å². The van der Waals surface area contributed by atoms with Crippen molar-refractivity contribution in [3.05, 3.63) is 29.2 Å². The lowest BCUT2D eigenvalue weighted by molar-refractivity contribution is 0.191. The Morgan fingerprint density at radius 2 is 2.11 bits per heavy atom. The number of aromatic nitrogens is 1. The molecule has 1 N–H and O–H groups in total. The van der Waals surface area contributed by atoms with Crippen LogP contribution in [-0.2, 0) is 0 Å². The lowest BCUT2D eigenvalue weighted by atomic mass is 9.63. The van der Waals surface area contributed by atoms with Gasteiger partial charge in [-0.1, -0.05) is 19.9 Å². The summed E-state index contributed by atoms with van der Waals surface area (Å²) >= 11 is 0. The molecular weight excluding hydrogens is 236 g/mol. The zero-order valence-corrected chi connectivity index (χ0v) is 11.7. The molecule has 4 rings (SSSR count). The molecule has 100 valence electrons. The second-order valence-electron chi connectivity index (χ2n) is 6.22. The molecule has 0 spiro atoms. The van der Waals surface area contributed by atoms with Crippen molar-refractivity contribution < 1.29 is 4.42 Å². The lowest BCUT2D eigenvalue weighted by Gasteiger charge is -2.46. The van der Waals surface area contributed by atoms with Crippen molar-refractivity contribution in [1.29, 1.82) is 0 Å². The monoisotopic (exact) mass is 256 g/mol. The highest BCUT2D eigenvalue weighted by Gasteiger charge is 2.42. The molecular formula is C16H20N2O. The number of nitrogens with one attached hydrogen (secondary N) is 1. The number of fused-ring (bicyclic) bond motifs is 6. The molecule has 1 aliphatic carbocycles. The molecule has 2 heterocycles. The maximum atomic E-state index is 5.70. The predicted octanol–water partition coefficient (Wildman–Crippen LogP) is 3.19. The first-order valence-electron chi connectivity index (χ1n) is 7.27. The van der Waals surface area contributed by atoms with Gasteiger partial charge in [-0.15, -0.1) is 0 Å². The number of piperidine rings is 1. The molecule has 4 atom stereocenters. The van der Waals surface area contributed by atoms with Crippen molar-refractivity contribution in [2.45, 2.75) is 32.6 Å². The first kappa shape index (κ1) is 11.5. The summed E-state index contributed by atoms with van der Waals surface area (Å²) in [5, 5.41) is 3.60. The first-order valence-corrected chi connectivity index (χ1v) is 7.27. The van der Waals surface area contributed by atoms with E-state index in [2.05, 4.69) is 36.3 Å². The molecule has 1 aliphatic heterocycles. The SMILES string of the molecule is Cc1nc2c3c(ccc2o1)C1CNCC([C@@H]1C)[C@H]3C. The highest BCUT2D eigenvalue weighted by atomic mass is 16.3. The molecule has 3 nitrogen and oxygen atoms in total. The Morgan fingerprint density at radius 3 is 2.95 bits per heavy atom. The largest absolute Gasteiger partial charge is 0.441 e. The summed E-state index contributed by atoms with van der Waals surface area (Å²) in [5.74, 6) is 3.44. The molecule has 3 heteroatoms. The number of hydrogen-bond donors (Lipinski definition) is 1. The number of benzene rings is 1. The Morgan fingerprint density at radius 1 is 1.26 bits per heavy atom.